The van der Waals surface area contributed by atoms with E-state index in [1.54, 1.807) is 0 Å². The fourth-order valence-corrected chi connectivity index (χ4v) is 14.0. The van der Waals surface area contributed by atoms with Gasteiger partial charge in [-0.1, -0.05) is 143 Å². The molecule has 0 fully saturated rings. The van der Waals surface area contributed by atoms with Gasteiger partial charge in [0.05, 0.1) is 19.1 Å². The van der Waals surface area contributed by atoms with Crippen molar-refractivity contribution in [2.75, 3.05) is 26.4 Å². The predicted molar refractivity (Wildman–Crippen MR) is 232 cm³/mol. The summed E-state index contributed by atoms with van der Waals surface area (Å²) in [4.78, 5) is 5.16. The predicted octanol–water partition coefficient (Wildman–Crippen LogP) is 6.66. The molecule has 0 amide bonds. The second-order valence-corrected chi connectivity index (χ2v) is 18.6. The van der Waals surface area contributed by atoms with Gasteiger partial charge in [0.15, 0.2) is 0 Å². The van der Waals surface area contributed by atoms with Crippen molar-refractivity contribution in [3.8, 4) is 0 Å². The molecule has 0 bridgehead atoms. The molecule has 0 spiro atoms. The van der Waals surface area contributed by atoms with Crippen LogP contribution < -0.4 is 45.2 Å². The third kappa shape index (κ3) is 13.3. The van der Waals surface area contributed by atoms with Crippen LogP contribution in [-0.4, -0.2) is 37.6 Å². The Labute approximate surface area is 334 Å². The molecule has 0 N–H and O–H groups in total. The smallest absolute Gasteiger partial charge is 0.858 e. The first kappa shape index (κ1) is 46.0. The van der Waals surface area contributed by atoms with E-state index in [4.69, 9.17) is 14.5 Å². The number of ether oxygens (including phenoxy) is 2. The summed E-state index contributed by atoms with van der Waals surface area (Å²) >= 11 is 0. The minimum absolute atomic E-state index is 0. The topological polar surface area (TPSA) is 53.9 Å². The number of rotatable bonds is 13. The first-order valence-electron chi connectivity index (χ1n) is 18.6. The Kier molecular flexibility index (Phi) is 21.7. The van der Waals surface area contributed by atoms with Gasteiger partial charge in [-0.2, -0.15) is 0 Å². The fourth-order valence-electron chi connectivity index (χ4n) is 5.87. The molecule has 0 aliphatic carbocycles. The van der Waals surface area contributed by atoms with Crippen molar-refractivity contribution in [2.45, 2.75) is 67.2 Å². The van der Waals surface area contributed by atoms with E-state index < -0.39 is 14.8 Å². The summed E-state index contributed by atoms with van der Waals surface area (Å²) in [6, 6.07) is 48.4. The van der Waals surface area contributed by atoms with Crippen LogP contribution in [0.15, 0.2) is 145 Å². The summed E-state index contributed by atoms with van der Waals surface area (Å²) in [5.41, 5.74) is 5.46. The van der Waals surface area contributed by atoms with E-state index in [0.717, 1.165) is 53.9 Å². The van der Waals surface area contributed by atoms with Crippen molar-refractivity contribution in [1.29, 1.82) is 0 Å². The van der Waals surface area contributed by atoms with Crippen LogP contribution in [-0.2, 0) is 9.47 Å². The van der Waals surface area contributed by atoms with Crippen molar-refractivity contribution >= 4 is 52.9 Å². The molecular formula is C46H59LiNO3P2+. The molecule has 5 rings (SSSR count). The Hall–Kier alpha value is -3.18. The van der Waals surface area contributed by atoms with Crippen LogP contribution in [0, 0.1) is 0 Å². The standard InChI is InChI=1S/C38H39NOP2.2C4H10O.Li/c1-29(2)35-26-17-27-36(30(3)4)37(35)39-38(40)42(33-22-13-7-14-23-33,34-24-15-8-16-25-34)28-41(31-18-9-5-10-19-31)32-20-11-6-12-21-32;2*1-3-5-4-2;/h5-30H,1-4H3,(H,39,40);2*3-4H2,1-2H3;/q;;;+1. The number of benzene rings is 5. The molecule has 53 heavy (non-hydrogen) atoms. The summed E-state index contributed by atoms with van der Waals surface area (Å²) in [6.07, 6.45) is 0. The maximum Gasteiger partial charge on any atom is 1.00 e. The van der Waals surface area contributed by atoms with Crippen molar-refractivity contribution in [2.24, 2.45) is 4.99 Å². The van der Waals surface area contributed by atoms with Crippen molar-refractivity contribution in [1.82, 2.24) is 0 Å². The second kappa shape index (κ2) is 25.0. The monoisotopic (exact) mass is 742 g/mol. The number of nitrogens with zero attached hydrogens (tertiary/aromatic N) is 1. The SMILES string of the molecule is CC(C)c1cccc(C(C)C)c1N=C([O-])P(=C[PH+](c1ccccc1)c1ccccc1)(c1ccccc1)c1ccccc1.CCOCC.CCOCC.[Li+]. The van der Waals surface area contributed by atoms with Gasteiger partial charge in [-0.3, -0.25) is 4.99 Å². The first-order chi connectivity index (χ1) is 25.2. The Bertz CT molecular complexity index is 1680. The van der Waals surface area contributed by atoms with Crippen LogP contribution in [0.3, 0.4) is 0 Å². The Morgan fingerprint density at radius 3 is 1.21 bits per heavy atom. The van der Waals surface area contributed by atoms with Gasteiger partial charge in [-0.15, -0.1) is 0 Å². The van der Waals surface area contributed by atoms with E-state index in [-0.39, 0.29) is 36.3 Å². The van der Waals surface area contributed by atoms with Gasteiger partial charge in [0.2, 0.25) is 0 Å². The van der Waals surface area contributed by atoms with Gasteiger partial charge in [-0.25, -0.2) is 0 Å². The molecule has 0 unspecified atom stereocenters. The minimum atomic E-state index is -2.83. The minimum Gasteiger partial charge on any atom is -0.858 e. The zero-order chi connectivity index (χ0) is 37.8. The number of hydrogen-bond donors (Lipinski definition) is 0. The Balaban J connectivity index is 0.000000783. The number of hydrogen-bond acceptors (Lipinski definition) is 4. The van der Waals surface area contributed by atoms with E-state index in [9.17, 15) is 0 Å². The zero-order valence-electron chi connectivity index (χ0n) is 33.5. The molecule has 0 atom stereocenters. The Morgan fingerprint density at radius 1 is 0.566 bits per heavy atom. The van der Waals surface area contributed by atoms with Crippen LogP contribution in [0.5, 0.6) is 0 Å². The second-order valence-electron chi connectivity index (χ2n) is 12.7. The van der Waals surface area contributed by atoms with E-state index in [1.807, 2.05) is 64.1 Å². The summed E-state index contributed by atoms with van der Waals surface area (Å²) < 4.78 is 9.67. The third-order valence-corrected chi connectivity index (χ3v) is 15.9. The molecule has 0 aliphatic heterocycles. The maximum atomic E-state index is 15.3. The summed E-state index contributed by atoms with van der Waals surface area (Å²) in [6.45, 7) is 17.2. The van der Waals surface area contributed by atoms with Gasteiger partial charge in [0.25, 0.3) is 0 Å². The van der Waals surface area contributed by atoms with Crippen LogP contribution in [0.1, 0.15) is 78.4 Å². The summed E-state index contributed by atoms with van der Waals surface area (Å²) in [5.74, 6) is 0.488. The fraction of sp³-hybridized carbons (Fsp3) is 0.304. The zero-order valence-corrected chi connectivity index (χ0v) is 35.4. The van der Waals surface area contributed by atoms with Crippen LogP contribution >= 0.6 is 14.8 Å². The maximum absolute atomic E-state index is 15.3. The largest absolute Gasteiger partial charge is 1.00 e. The third-order valence-electron chi connectivity index (χ3n) is 8.49. The van der Waals surface area contributed by atoms with Gasteiger partial charge in [0.1, 0.15) is 10.6 Å². The van der Waals surface area contributed by atoms with Gasteiger partial charge in [-0.05, 0) is 85.5 Å². The molecule has 0 aromatic heterocycles. The molecule has 7 heteroatoms. The van der Waals surface area contributed by atoms with E-state index in [1.165, 1.54) is 10.6 Å². The Morgan fingerprint density at radius 2 is 0.906 bits per heavy atom. The van der Waals surface area contributed by atoms with Crippen molar-refractivity contribution in [3.05, 3.63) is 151 Å². The molecule has 5 aromatic carbocycles. The average molecular weight is 743 g/mol. The summed E-state index contributed by atoms with van der Waals surface area (Å²) in [5, 5.41) is 19.8. The van der Waals surface area contributed by atoms with Gasteiger partial charge >= 0.3 is 18.9 Å². The molecular weight excluding hydrogens is 683 g/mol. The average Bonchev–Trinajstić information content (AvgIpc) is 3.18. The van der Waals surface area contributed by atoms with Crippen molar-refractivity contribution in [3.63, 3.8) is 0 Å². The number of aliphatic imine (C=N–C) groups is 1. The molecule has 5 aromatic rings. The molecule has 4 nitrogen and oxygen atoms in total. The normalized spacial score (nSPS) is 11.3. The van der Waals surface area contributed by atoms with E-state index in [2.05, 4.69) is 136 Å². The molecule has 0 radical (unpaired) electrons. The van der Waals surface area contributed by atoms with Crippen LogP contribution in [0.25, 0.3) is 0 Å². The number of para-hydroxylation sites is 1. The van der Waals surface area contributed by atoms with Gasteiger partial charge < -0.3 is 14.6 Å². The van der Waals surface area contributed by atoms with Crippen LogP contribution in [0.4, 0.5) is 5.69 Å². The molecule has 0 saturated heterocycles. The molecule has 276 valence electrons. The quantitative estimate of drug-likeness (QED) is 0.0587. The van der Waals surface area contributed by atoms with Crippen LogP contribution in [0.2, 0.25) is 0 Å². The summed E-state index contributed by atoms with van der Waals surface area (Å²) in [7, 11) is -1.49. The van der Waals surface area contributed by atoms with Gasteiger partial charge in [0, 0.05) is 39.0 Å². The molecule has 0 aliphatic rings. The molecule has 0 heterocycles. The molecule has 0 saturated carbocycles. The first-order valence-corrected chi connectivity index (χ1v) is 22.1. The van der Waals surface area contributed by atoms with E-state index >= 15 is 5.11 Å². The van der Waals surface area contributed by atoms with E-state index in [0.29, 0.717) is 0 Å². The van der Waals surface area contributed by atoms with Crippen molar-refractivity contribution < 1.29 is 33.4 Å².